The average Bonchev–Trinajstić information content (AvgIpc) is 2.01. The molecule has 0 saturated heterocycles. The molecular weight excluding hydrogens is 152 g/mol. The second kappa shape index (κ2) is 5.99. The van der Waals surface area contributed by atoms with Gasteiger partial charge in [0.25, 0.3) is 0 Å². The van der Waals surface area contributed by atoms with Gasteiger partial charge in [0.1, 0.15) is 0 Å². The van der Waals surface area contributed by atoms with Gasteiger partial charge in [0.2, 0.25) is 0 Å². The standard InChI is InChI=1S/C9H18N2O/c1-4-12-11-8-9(2,3)6-5-7-10/h11H,4-6,8H2,1-3H3. The second-order valence-corrected chi connectivity index (χ2v) is 3.58. The highest BCUT2D eigenvalue weighted by molar-refractivity contribution is 4.77. The zero-order valence-corrected chi connectivity index (χ0v) is 8.18. The van der Waals surface area contributed by atoms with Gasteiger partial charge in [0.15, 0.2) is 0 Å². The van der Waals surface area contributed by atoms with Gasteiger partial charge in [-0.3, -0.25) is 0 Å². The molecule has 0 saturated carbocycles. The summed E-state index contributed by atoms with van der Waals surface area (Å²) in [5.41, 5.74) is 3.02. The van der Waals surface area contributed by atoms with E-state index < -0.39 is 0 Å². The normalized spacial score (nSPS) is 11.2. The lowest BCUT2D eigenvalue weighted by molar-refractivity contribution is 0.0284. The Kier molecular flexibility index (Phi) is 5.69. The fraction of sp³-hybridized carbons (Fsp3) is 0.889. The van der Waals surface area contributed by atoms with Crippen molar-refractivity contribution in [3.05, 3.63) is 0 Å². The molecule has 0 atom stereocenters. The number of rotatable bonds is 6. The first-order valence-electron chi connectivity index (χ1n) is 4.34. The molecule has 0 aromatic carbocycles. The van der Waals surface area contributed by atoms with Crippen molar-refractivity contribution in [2.75, 3.05) is 13.2 Å². The molecule has 0 radical (unpaired) electrons. The van der Waals surface area contributed by atoms with E-state index >= 15 is 0 Å². The zero-order valence-electron chi connectivity index (χ0n) is 8.18. The third kappa shape index (κ3) is 6.14. The molecule has 0 aromatic heterocycles. The van der Waals surface area contributed by atoms with E-state index in [0.29, 0.717) is 13.0 Å². The van der Waals surface area contributed by atoms with E-state index in [1.165, 1.54) is 0 Å². The maximum absolute atomic E-state index is 8.40. The van der Waals surface area contributed by atoms with Gasteiger partial charge in [-0.1, -0.05) is 13.8 Å². The topological polar surface area (TPSA) is 45.0 Å². The Morgan fingerprint density at radius 2 is 2.17 bits per heavy atom. The Morgan fingerprint density at radius 3 is 2.67 bits per heavy atom. The van der Waals surface area contributed by atoms with Gasteiger partial charge in [0, 0.05) is 13.0 Å². The minimum absolute atomic E-state index is 0.144. The van der Waals surface area contributed by atoms with Crippen molar-refractivity contribution >= 4 is 0 Å². The van der Waals surface area contributed by atoms with E-state index in [2.05, 4.69) is 25.4 Å². The van der Waals surface area contributed by atoms with E-state index in [0.717, 1.165) is 13.0 Å². The Bertz CT molecular complexity index is 149. The first-order valence-corrected chi connectivity index (χ1v) is 4.34. The molecule has 12 heavy (non-hydrogen) atoms. The van der Waals surface area contributed by atoms with E-state index in [1.54, 1.807) is 0 Å². The lowest BCUT2D eigenvalue weighted by atomic mass is 9.88. The molecule has 0 fully saturated rings. The highest BCUT2D eigenvalue weighted by atomic mass is 16.6. The zero-order chi connectivity index (χ0) is 9.45. The summed E-state index contributed by atoms with van der Waals surface area (Å²) < 4.78 is 0. The number of nitrogens with zero attached hydrogens (tertiary/aromatic N) is 1. The molecule has 0 rings (SSSR count). The first-order chi connectivity index (χ1) is 5.62. The van der Waals surface area contributed by atoms with Gasteiger partial charge in [-0.05, 0) is 18.8 Å². The Labute approximate surface area is 74.7 Å². The monoisotopic (exact) mass is 170 g/mol. The van der Waals surface area contributed by atoms with Crippen LogP contribution in [0.1, 0.15) is 33.6 Å². The number of hydroxylamine groups is 1. The van der Waals surface area contributed by atoms with Crippen LogP contribution in [0, 0.1) is 16.7 Å². The highest BCUT2D eigenvalue weighted by Gasteiger charge is 2.16. The number of hydrogen-bond donors (Lipinski definition) is 1. The first kappa shape index (κ1) is 11.4. The van der Waals surface area contributed by atoms with Crippen LogP contribution in [0.4, 0.5) is 0 Å². The molecule has 0 aromatic rings. The van der Waals surface area contributed by atoms with Crippen LogP contribution in [0.3, 0.4) is 0 Å². The van der Waals surface area contributed by atoms with Crippen molar-refractivity contribution in [1.29, 1.82) is 5.26 Å². The van der Waals surface area contributed by atoms with Crippen LogP contribution >= 0.6 is 0 Å². The van der Waals surface area contributed by atoms with Crippen LogP contribution in [-0.2, 0) is 4.84 Å². The van der Waals surface area contributed by atoms with Gasteiger partial charge in [-0.15, -0.1) is 0 Å². The molecule has 3 nitrogen and oxygen atoms in total. The van der Waals surface area contributed by atoms with Gasteiger partial charge < -0.3 is 4.84 Å². The molecule has 0 spiro atoms. The van der Waals surface area contributed by atoms with Crippen molar-refractivity contribution in [3.8, 4) is 6.07 Å². The predicted octanol–water partition coefficient (Wildman–Crippen LogP) is 1.86. The SMILES string of the molecule is CCONCC(C)(C)CCC#N. The lowest BCUT2D eigenvalue weighted by Gasteiger charge is -2.23. The van der Waals surface area contributed by atoms with Crippen LogP contribution in [0.2, 0.25) is 0 Å². The van der Waals surface area contributed by atoms with Gasteiger partial charge in [-0.25, -0.2) is 5.48 Å². The van der Waals surface area contributed by atoms with Gasteiger partial charge in [0.05, 0.1) is 12.7 Å². The fourth-order valence-corrected chi connectivity index (χ4v) is 0.831. The maximum Gasteiger partial charge on any atom is 0.0653 e. The van der Waals surface area contributed by atoms with Crippen LogP contribution < -0.4 is 5.48 Å². The molecule has 1 N–H and O–H groups in total. The highest BCUT2D eigenvalue weighted by Crippen LogP contribution is 2.20. The minimum atomic E-state index is 0.144. The third-order valence-electron chi connectivity index (χ3n) is 1.71. The Hall–Kier alpha value is -0.590. The van der Waals surface area contributed by atoms with Crippen LogP contribution in [0.5, 0.6) is 0 Å². The smallest absolute Gasteiger partial charge is 0.0653 e. The fourth-order valence-electron chi connectivity index (χ4n) is 0.831. The van der Waals surface area contributed by atoms with E-state index in [1.807, 2.05) is 6.92 Å². The van der Waals surface area contributed by atoms with Crippen molar-refractivity contribution in [1.82, 2.24) is 5.48 Å². The van der Waals surface area contributed by atoms with Crippen LogP contribution in [0.15, 0.2) is 0 Å². The third-order valence-corrected chi connectivity index (χ3v) is 1.71. The van der Waals surface area contributed by atoms with E-state index in [4.69, 9.17) is 10.1 Å². The van der Waals surface area contributed by atoms with Gasteiger partial charge in [-0.2, -0.15) is 5.26 Å². The molecule has 0 heterocycles. The van der Waals surface area contributed by atoms with Crippen molar-refractivity contribution in [2.45, 2.75) is 33.6 Å². The molecule has 0 bridgehead atoms. The molecule has 0 aliphatic rings. The van der Waals surface area contributed by atoms with Crippen molar-refractivity contribution < 1.29 is 4.84 Å². The molecule has 0 aliphatic carbocycles. The number of nitrogens with one attached hydrogen (secondary N) is 1. The molecule has 70 valence electrons. The summed E-state index contributed by atoms with van der Waals surface area (Å²) in [6.07, 6.45) is 1.52. The predicted molar refractivity (Wildman–Crippen MR) is 48.3 cm³/mol. The summed E-state index contributed by atoms with van der Waals surface area (Å²) in [5.74, 6) is 0. The van der Waals surface area contributed by atoms with Crippen LogP contribution in [0.25, 0.3) is 0 Å². The lowest BCUT2D eigenvalue weighted by Crippen LogP contribution is -2.29. The van der Waals surface area contributed by atoms with Crippen molar-refractivity contribution in [3.63, 3.8) is 0 Å². The van der Waals surface area contributed by atoms with Crippen molar-refractivity contribution in [2.24, 2.45) is 5.41 Å². The summed E-state index contributed by atoms with van der Waals surface area (Å²) in [6, 6.07) is 2.15. The maximum atomic E-state index is 8.40. The number of nitriles is 1. The number of hydrogen-bond acceptors (Lipinski definition) is 3. The summed E-state index contributed by atoms with van der Waals surface area (Å²) in [7, 11) is 0. The minimum Gasteiger partial charge on any atom is -0.302 e. The largest absolute Gasteiger partial charge is 0.302 e. The molecule has 0 amide bonds. The van der Waals surface area contributed by atoms with E-state index in [9.17, 15) is 0 Å². The Balaban J connectivity index is 3.50. The summed E-state index contributed by atoms with van der Waals surface area (Å²) >= 11 is 0. The Morgan fingerprint density at radius 1 is 1.50 bits per heavy atom. The van der Waals surface area contributed by atoms with Gasteiger partial charge >= 0.3 is 0 Å². The quantitative estimate of drug-likeness (QED) is 0.489. The summed E-state index contributed by atoms with van der Waals surface area (Å²) in [5, 5.41) is 8.40. The molecular formula is C9H18N2O. The second-order valence-electron chi connectivity index (χ2n) is 3.58. The molecule has 3 heteroatoms. The molecule has 0 unspecified atom stereocenters. The molecule has 0 aliphatic heterocycles. The van der Waals surface area contributed by atoms with Crippen LogP contribution in [-0.4, -0.2) is 13.2 Å². The average molecular weight is 170 g/mol. The van der Waals surface area contributed by atoms with E-state index in [-0.39, 0.29) is 5.41 Å². The summed E-state index contributed by atoms with van der Waals surface area (Å²) in [6.45, 7) is 7.65. The summed E-state index contributed by atoms with van der Waals surface area (Å²) in [4.78, 5) is 5.02.